The second kappa shape index (κ2) is 9.35. The van der Waals surface area contributed by atoms with Crippen molar-refractivity contribution in [3.05, 3.63) is 0 Å². The molecule has 0 saturated heterocycles. The number of aliphatic carboxylic acids is 4. The molecule has 2 unspecified atom stereocenters. The van der Waals surface area contributed by atoms with Crippen LogP contribution in [0, 0.1) is 0 Å². The van der Waals surface area contributed by atoms with Gasteiger partial charge in [0.2, 0.25) is 6.10 Å². The molecule has 5 N–H and O–H groups in total. The molecule has 0 aliphatic heterocycles. The summed E-state index contributed by atoms with van der Waals surface area (Å²) < 4.78 is 4.21. The van der Waals surface area contributed by atoms with E-state index in [4.69, 9.17) is 20.4 Å². The molecule has 0 fully saturated rings. The van der Waals surface area contributed by atoms with Crippen LogP contribution in [0.3, 0.4) is 0 Å². The summed E-state index contributed by atoms with van der Waals surface area (Å²) in [6.45, 7) is 0. The van der Waals surface area contributed by atoms with Crippen molar-refractivity contribution < 1.29 is 85.2 Å². The number of esters is 1. The number of ether oxygens (including phenoxy) is 1. The van der Waals surface area contributed by atoms with E-state index in [0.717, 1.165) is 0 Å². The topological polar surface area (TPSA) is 196 Å². The standard InChI is InChI=1S/C10H12O11.Na.H/c11-5(12)1-4(8(16)17)21-7(15)3-10(20,9(18)19)2-6(13)14;;/h4,20H,1-3H2,(H,11,12)(H,13,14)(H,16,17)(H,18,19);;/q;+1;-1. The van der Waals surface area contributed by atoms with Crippen molar-refractivity contribution in [1.82, 2.24) is 0 Å². The molecule has 0 aromatic carbocycles. The first-order chi connectivity index (χ1) is 9.47. The SMILES string of the molecule is O=C(O)CC(OC(=O)CC(O)(CC(=O)O)C(=O)O)C(=O)O.[H-].[Na+]. The van der Waals surface area contributed by atoms with E-state index >= 15 is 0 Å². The van der Waals surface area contributed by atoms with E-state index in [1.54, 1.807) is 0 Å². The van der Waals surface area contributed by atoms with Crippen LogP contribution in [0.15, 0.2) is 0 Å². The zero-order valence-electron chi connectivity index (χ0n) is 12.4. The number of hydrogen-bond donors (Lipinski definition) is 5. The molecular formula is C10H13NaO11. The van der Waals surface area contributed by atoms with Crippen LogP contribution in [-0.2, 0) is 28.7 Å². The second-order valence-corrected chi connectivity index (χ2v) is 4.00. The predicted octanol–water partition coefficient (Wildman–Crippen LogP) is -4.75. The van der Waals surface area contributed by atoms with Crippen molar-refractivity contribution in [2.45, 2.75) is 31.0 Å². The van der Waals surface area contributed by atoms with Gasteiger partial charge in [-0.2, -0.15) is 0 Å². The quantitative estimate of drug-likeness (QED) is 0.201. The van der Waals surface area contributed by atoms with Gasteiger partial charge >= 0.3 is 59.4 Å². The molecule has 0 amide bonds. The van der Waals surface area contributed by atoms with Crippen LogP contribution in [-0.4, -0.2) is 67.1 Å². The van der Waals surface area contributed by atoms with E-state index in [9.17, 15) is 29.1 Å². The van der Waals surface area contributed by atoms with Crippen molar-refractivity contribution in [2.24, 2.45) is 0 Å². The minimum Gasteiger partial charge on any atom is -1.00 e. The summed E-state index contributed by atoms with van der Waals surface area (Å²) >= 11 is 0. The molecule has 0 aromatic heterocycles. The first kappa shape index (κ1) is 22.6. The average molecular weight is 332 g/mol. The normalized spacial score (nSPS) is 13.9. The molecule has 0 aromatic rings. The Morgan fingerprint density at radius 1 is 0.955 bits per heavy atom. The molecule has 12 heteroatoms. The number of carboxylic acid groups (broad SMARTS) is 4. The molecule has 0 rings (SSSR count). The van der Waals surface area contributed by atoms with Gasteiger partial charge in [-0.15, -0.1) is 0 Å². The van der Waals surface area contributed by atoms with E-state index in [1.165, 1.54) is 0 Å². The van der Waals surface area contributed by atoms with Gasteiger partial charge in [0.05, 0.1) is 19.3 Å². The number of carbonyl (C=O) groups excluding carboxylic acids is 1. The molecule has 22 heavy (non-hydrogen) atoms. The summed E-state index contributed by atoms with van der Waals surface area (Å²) in [7, 11) is 0. The van der Waals surface area contributed by atoms with Crippen molar-refractivity contribution in [3.8, 4) is 0 Å². The van der Waals surface area contributed by atoms with Gasteiger partial charge in [0, 0.05) is 0 Å². The molecule has 0 bridgehead atoms. The molecule has 11 nitrogen and oxygen atoms in total. The molecule has 2 atom stereocenters. The molecule has 0 radical (unpaired) electrons. The summed E-state index contributed by atoms with van der Waals surface area (Å²) in [6.07, 6.45) is -5.84. The van der Waals surface area contributed by atoms with Gasteiger partial charge in [-0.05, 0) is 0 Å². The van der Waals surface area contributed by atoms with Gasteiger partial charge in [0.25, 0.3) is 0 Å². The third-order valence-corrected chi connectivity index (χ3v) is 2.19. The number of carboxylic acids is 4. The van der Waals surface area contributed by atoms with E-state index < -0.39 is 60.8 Å². The molecule has 0 aliphatic carbocycles. The third kappa shape index (κ3) is 7.93. The first-order valence-corrected chi connectivity index (χ1v) is 5.29. The fraction of sp³-hybridized carbons (Fsp3) is 0.500. The fourth-order valence-electron chi connectivity index (χ4n) is 1.24. The zero-order chi connectivity index (χ0) is 16.8. The number of hydrogen-bond acceptors (Lipinski definition) is 7. The summed E-state index contributed by atoms with van der Waals surface area (Å²) in [4.78, 5) is 53.5. The Morgan fingerprint density at radius 3 is 1.77 bits per heavy atom. The maximum Gasteiger partial charge on any atom is 1.00 e. The van der Waals surface area contributed by atoms with E-state index in [1.807, 2.05) is 0 Å². The van der Waals surface area contributed by atoms with Crippen LogP contribution in [0.25, 0.3) is 0 Å². The Hall–Kier alpha value is -1.69. The van der Waals surface area contributed by atoms with E-state index in [-0.39, 0.29) is 31.0 Å². The third-order valence-electron chi connectivity index (χ3n) is 2.19. The largest absolute Gasteiger partial charge is 1.00 e. The molecule has 0 spiro atoms. The minimum absolute atomic E-state index is 0. The van der Waals surface area contributed by atoms with E-state index in [0.29, 0.717) is 0 Å². The molecule has 0 heterocycles. The number of aliphatic hydroxyl groups is 1. The maximum absolute atomic E-state index is 11.3. The van der Waals surface area contributed by atoms with Gasteiger partial charge in [-0.3, -0.25) is 14.4 Å². The summed E-state index contributed by atoms with van der Waals surface area (Å²) in [5, 5.41) is 43.7. The molecule has 0 saturated carbocycles. The second-order valence-electron chi connectivity index (χ2n) is 4.00. The van der Waals surface area contributed by atoms with Crippen LogP contribution < -0.4 is 29.6 Å². The van der Waals surface area contributed by atoms with Gasteiger partial charge in [-0.1, -0.05) is 0 Å². The Balaban J connectivity index is -0.00000200. The zero-order valence-corrected chi connectivity index (χ0v) is 13.4. The van der Waals surface area contributed by atoms with Gasteiger partial charge in [0.15, 0.2) is 5.60 Å². The van der Waals surface area contributed by atoms with E-state index in [2.05, 4.69) is 4.74 Å². The van der Waals surface area contributed by atoms with Crippen LogP contribution >= 0.6 is 0 Å². The van der Waals surface area contributed by atoms with Crippen LogP contribution in [0.2, 0.25) is 0 Å². The summed E-state index contributed by atoms with van der Waals surface area (Å²) in [5.74, 6) is -8.67. The number of carbonyl (C=O) groups is 5. The van der Waals surface area contributed by atoms with Crippen LogP contribution in [0.5, 0.6) is 0 Å². The first-order valence-electron chi connectivity index (χ1n) is 5.29. The predicted molar refractivity (Wildman–Crippen MR) is 60.3 cm³/mol. The summed E-state index contributed by atoms with van der Waals surface area (Å²) in [6, 6.07) is 0. The monoisotopic (exact) mass is 332 g/mol. The maximum atomic E-state index is 11.3. The molecule has 0 aliphatic rings. The Morgan fingerprint density at radius 2 is 1.45 bits per heavy atom. The fourth-order valence-corrected chi connectivity index (χ4v) is 1.24. The minimum atomic E-state index is -2.99. The van der Waals surface area contributed by atoms with Gasteiger partial charge in [0.1, 0.15) is 0 Å². The van der Waals surface area contributed by atoms with Crippen molar-refractivity contribution in [2.75, 3.05) is 0 Å². The van der Waals surface area contributed by atoms with Gasteiger partial charge < -0.3 is 31.7 Å². The molecular weight excluding hydrogens is 319 g/mol. The number of rotatable bonds is 9. The Kier molecular flexibility index (Phi) is 9.60. The van der Waals surface area contributed by atoms with Crippen molar-refractivity contribution >= 4 is 29.8 Å². The van der Waals surface area contributed by atoms with Crippen molar-refractivity contribution in [3.63, 3.8) is 0 Å². The summed E-state index contributed by atoms with van der Waals surface area (Å²) in [5.41, 5.74) is -2.99. The van der Waals surface area contributed by atoms with Crippen LogP contribution in [0.4, 0.5) is 0 Å². The smallest absolute Gasteiger partial charge is 1.00 e. The molecule has 120 valence electrons. The Labute approximate surface area is 146 Å². The average Bonchev–Trinajstić information content (AvgIpc) is 2.25. The van der Waals surface area contributed by atoms with Gasteiger partial charge in [-0.25, -0.2) is 9.59 Å². The van der Waals surface area contributed by atoms with Crippen LogP contribution in [0.1, 0.15) is 20.7 Å². The Bertz CT molecular complexity index is 479. The van der Waals surface area contributed by atoms with Crippen molar-refractivity contribution in [1.29, 1.82) is 0 Å².